The topological polar surface area (TPSA) is 40.2 Å². The number of hydrogen-bond donors (Lipinski definition) is 0. The van der Waals surface area contributed by atoms with Crippen LogP contribution in [-0.2, 0) is 18.3 Å². The molecule has 7 heteroatoms. The van der Waals surface area contributed by atoms with Gasteiger partial charge < -0.3 is 23.2 Å². The summed E-state index contributed by atoms with van der Waals surface area (Å²) < 4.78 is 23.3. The van der Waals surface area contributed by atoms with Gasteiger partial charge in [-0.1, -0.05) is 12.8 Å². The molecule has 0 saturated heterocycles. The van der Waals surface area contributed by atoms with Crippen molar-refractivity contribution in [1.82, 2.24) is 4.90 Å². The van der Waals surface area contributed by atoms with E-state index in [1.165, 1.54) is 24.9 Å². The maximum Gasteiger partial charge on any atom is 0.161 e. The first-order chi connectivity index (χ1) is 13.2. The van der Waals surface area contributed by atoms with Crippen LogP contribution < -0.4 is 0 Å². The number of rotatable bonds is 20. The number of nitrogens with zero attached hydrogens (tertiary/aromatic N) is 1. The first kappa shape index (κ1) is 28.2. The molecule has 0 amide bonds. The van der Waals surface area contributed by atoms with Crippen molar-refractivity contribution in [3.05, 3.63) is 0 Å². The maximum absolute atomic E-state index is 6.15. The van der Waals surface area contributed by atoms with E-state index in [-0.39, 0.29) is 30.7 Å². The summed E-state index contributed by atoms with van der Waals surface area (Å²) in [6.07, 6.45) is 4.72. The van der Waals surface area contributed by atoms with Crippen molar-refractivity contribution in [2.45, 2.75) is 90.5 Å². The zero-order valence-electron chi connectivity index (χ0n) is 20.0. The van der Waals surface area contributed by atoms with Crippen molar-refractivity contribution in [3.8, 4) is 0 Å². The van der Waals surface area contributed by atoms with Gasteiger partial charge in [0.05, 0.1) is 11.2 Å². The van der Waals surface area contributed by atoms with Crippen LogP contribution in [0.5, 0.6) is 0 Å². The van der Waals surface area contributed by atoms with Crippen LogP contribution in [0.25, 0.3) is 0 Å². The second-order valence-corrected chi connectivity index (χ2v) is 12.0. The highest BCUT2D eigenvalue weighted by molar-refractivity contribution is 6.27. The molecule has 0 aliphatic carbocycles. The van der Waals surface area contributed by atoms with Gasteiger partial charge in [0.15, 0.2) is 19.5 Å². The summed E-state index contributed by atoms with van der Waals surface area (Å²) in [4.78, 5) is 2.34. The van der Waals surface area contributed by atoms with Gasteiger partial charge in [-0.15, -0.1) is 0 Å². The van der Waals surface area contributed by atoms with Crippen molar-refractivity contribution in [1.29, 1.82) is 0 Å². The van der Waals surface area contributed by atoms with Crippen molar-refractivity contribution < 1.29 is 18.3 Å². The Morgan fingerprint density at radius 1 is 0.679 bits per heavy atom. The largest absolute Gasteiger partial charge is 0.424 e. The van der Waals surface area contributed by atoms with E-state index in [4.69, 9.17) is 18.3 Å². The molecule has 0 unspecified atom stereocenters. The smallest absolute Gasteiger partial charge is 0.161 e. The predicted molar refractivity (Wildman–Crippen MR) is 126 cm³/mol. The predicted octanol–water partition coefficient (Wildman–Crippen LogP) is 3.15. The molecule has 0 aliphatic heterocycles. The standard InChI is InChI=1S/C21H49NO4Si2/c1-8-25-27-16-12-10-14-23-20(3,4)18-22(7)19-21(5,6)24-15-11-13-17-28-26-9-2/h8-19,27-28H2,1-7H3. The molecular formula is C21H49NO4Si2. The lowest BCUT2D eigenvalue weighted by Gasteiger charge is -2.35. The Hall–Kier alpha value is 0.234. The molecule has 0 aromatic rings. The second kappa shape index (κ2) is 17.0. The Bertz CT molecular complexity index is 325. The molecule has 0 bridgehead atoms. The van der Waals surface area contributed by atoms with E-state index in [1.807, 2.05) is 0 Å². The molecule has 0 fully saturated rings. The highest BCUT2D eigenvalue weighted by Gasteiger charge is 2.26. The zero-order valence-corrected chi connectivity index (χ0v) is 22.8. The molecule has 0 aromatic heterocycles. The Kier molecular flexibility index (Phi) is 17.1. The van der Waals surface area contributed by atoms with Gasteiger partial charge >= 0.3 is 0 Å². The highest BCUT2D eigenvalue weighted by Crippen LogP contribution is 2.17. The van der Waals surface area contributed by atoms with Crippen molar-refractivity contribution in [2.24, 2.45) is 0 Å². The van der Waals surface area contributed by atoms with Gasteiger partial charge in [-0.3, -0.25) is 0 Å². The fourth-order valence-corrected chi connectivity index (χ4v) is 5.50. The van der Waals surface area contributed by atoms with E-state index >= 15 is 0 Å². The van der Waals surface area contributed by atoms with Gasteiger partial charge in [0, 0.05) is 39.5 Å². The summed E-state index contributed by atoms with van der Waals surface area (Å²) >= 11 is 0. The van der Waals surface area contributed by atoms with Crippen LogP contribution in [0.3, 0.4) is 0 Å². The minimum Gasteiger partial charge on any atom is -0.424 e. The normalized spacial score (nSPS) is 13.7. The summed E-state index contributed by atoms with van der Waals surface area (Å²) in [6.45, 7) is 18.2. The Balaban J connectivity index is 3.89. The quantitative estimate of drug-likeness (QED) is 0.217. The molecule has 0 atom stereocenters. The first-order valence-corrected chi connectivity index (χ1v) is 14.5. The third-order valence-corrected chi connectivity index (χ3v) is 7.53. The van der Waals surface area contributed by atoms with E-state index in [2.05, 4.69) is 53.5 Å². The van der Waals surface area contributed by atoms with Gasteiger partial charge in [-0.2, -0.15) is 0 Å². The van der Waals surface area contributed by atoms with Gasteiger partial charge in [-0.05, 0) is 73.5 Å². The summed E-state index contributed by atoms with van der Waals surface area (Å²) in [5.74, 6) is 0. The lowest BCUT2D eigenvalue weighted by atomic mass is 10.1. The molecule has 0 spiro atoms. The van der Waals surface area contributed by atoms with E-state index in [1.54, 1.807) is 0 Å². The van der Waals surface area contributed by atoms with Crippen molar-refractivity contribution >= 4 is 19.5 Å². The van der Waals surface area contributed by atoms with Gasteiger partial charge in [0.25, 0.3) is 0 Å². The number of likely N-dealkylation sites (N-methyl/N-ethyl adjacent to an activating group) is 1. The van der Waals surface area contributed by atoms with Gasteiger partial charge in [0.2, 0.25) is 0 Å². The average molecular weight is 436 g/mol. The van der Waals surface area contributed by atoms with Gasteiger partial charge in [0.1, 0.15) is 0 Å². The van der Waals surface area contributed by atoms with Crippen LogP contribution in [0.15, 0.2) is 0 Å². The average Bonchev–Trinajstić information content (AvgIpc) is 2.59. The van der Waals surface area contributed by atoms with Crippen LogP contribution in [0.1, 0.15) is 67.2 Å². The molecule has 0 heterocycles. The number of unbranched alkanes of at least 4 members (excludes halogenated alkanes) is 2. The SMILES string of the molecule is CCO[SiH2]CCCCOC(C)(C)CN(C)CC(C)(C)OCCCC[SiH2]OCC. The molecule has 0 aliphatic rings. The molecule has 0 rings (SSSR count). The first-order valence-electron chi connectivity index (χ1n) is 11.3. The second-order valence-electron chi connectivity index (χ2n) is 8.90. The monoisotopic (exact) mass is 435 g/mol. The lowest BCUT2D eigenvalue weighted by molar-refractivity contribution is -0.0679. The van der Waals surface area contributed by atoms with E-state index in [9.17, 15) is 0 Å². The van der Waals surface area contributed by atoms with E-state index in [0.717, 1.165) is 52.4 Å². The maximum atomic E-state index is 6.15. The summed E-state index contributed by atoms with van der Waals surface area (Å²) in [5, 5.41) is 0. The van der Waals surface area contributed by atoms with Crippen molar-refractivity contribution in [3.63, 3.8) is 0 Å². The fraction of sp³-hybridized carbons (Fsp3) is 1.00. The minimum atomic E-state index is -0.285. The Labute approximate surface area is 180 Å². The molecule has 0 radical (unpaired) electrons. The van der Waals surface area contributed by atoms with Crippen molar-refractivity contribution in [2.75, 3.05) is 46.6 Å². The highest BCUT2D eigenvalue weighted by atomic mass is 28.2. The summed E-state index contributed by atoms with van der Waals surface area (Å²) in [7, 11) is 1.59. The molecular weight excluding hydrogens is 386 g/mol. The number of hydrogen-bond acceptors (Lipinski definition) is 5. The molecule has 170 valence electrons. The molecule has 5 nitrogen and oxygen atoms in total. The zero-order chi connectivity index (χ0) is 21.3. The van der Waals surface area contributed by atoms with Gasteiger partial charge in [-0.25, -0.2) is 0 Å². The summed E-state index contributed by atoms with van der Waals surface area (Å²) in [6, 6.07) is 2.52. The molecule has 28 heavy (non-hydrogen) atoms. The van der Waals surface area contributed by atoms with Crippen LogP contribution >= 0.6 is 0 Å². The summed E-state index contributed by atoms with van der Waals surface area (Å²) in [5.41, 5.74) is -0.266. The van der Waals surface area contributed by atoms with Crippen LogP contribution in [0.4, 0.5) is 0 Å². The number of ether oxygens (including phenoxy) is 2. The minimum absolute atomic E-state index is 0.133. The molecule has 0 aromatic carbocycles. The molecule has 0 saturated carbocycles. The van der Waals surface area contributed by atoms with E-state index in [0.29, 0.717) is 0 Å². The third kappa shape index (κ3) is 18.3. The molecule has 0 N–H and O–H groups in total. The lowest BCUT2D eigenvalue weighted by Crippen LogP contribution is -2.45. The van der Waals surface area contributed by atoms with E-state index < -0.39 is 0 Å². The van der Waals surface area contributed by atoms with Crippen LogP contribution in [0, 0.1) is 0 Å². The van der Waals surface area contributed by atoms with Crippen LogP contribution in [0.2, 0.25) is 12.1 Å². The van der Waals surface area contributed by atoms with Crippen LogP contribution in [-0.4, -0.2) is 82.2 Å². The Morgan fingerprint density at radius 3 is 1.43 bits per heavy atom. The fourth-order valence-electron chi connectivity index (χ4n) is 3.40. The Morgan fingerprint density at radius 2 is 1.07 bits per heavy atom. The third-order valence-electron chi connectivity index (χ3n) is 4.56.